The minimum atomic E-state index is -1.01. The van der Waals surface area contributed by atoms with Crippen LogP contribution in [0.1, 0.15) is 32.8 Å². The summed E-state index contributed by atoms with van der Waals surface area (Å²) in [5.74, 6) is -1.04. The Morgan fingerprint density at radius 1 is 1.09 bits per heavy atom. The number of rotatable bonds is 9. The normalized spacial score (nSPS) is 12.2. The fourth-order valence-corrected chi connectivity index (χ4v) is 3.60. The number of aliphatic carboxylic acids is 1. The topological polar surface area (TPSA) is 112 Å². The van der Waals surface area contributed by atoms with E-state index in [1.165, 1.54) is 11.0 Å². The van der Waals surface area contributed by atoms with Crippen molar-refractivity contribution in [1.82, 2.24) is 25.5 Å². The SMILES string of the molecule is CC/C=C/C(=O)N(Cc1ccc(-c2ccccc2-c2nn[nH]n2)cc1)[C@H](C(=O)O)C(C)C. The first-order chi connectivity index (χ1) is 15.4. The van der Waals surface area contributed by atoms with Gasteiger partial charge in [-0.15, -0.1) is 10.2 Å². The molecule has 0 spiro atoms. The first kappa shape index (κ1) is 22.9. The van der Waals surface area contributed by atoms with Gasteiger partial charge in [0.25, 0.3) is 0 Å². The number of nitrogens with zero attached hydrogens (tertiary/aromatic N) is 4. The molecule has 0 saturated carbocycles. The lowest BCUT2D eigenvalue weighted by Gasteiger charge is -2.31. The minimum absolute atomic E-state index is 0.203. The summed E-state index contributed by atoms with van der Waals surface area (Å²) >= 11 is 0. The summed E-state index contributed by atoms with van der Waals surface area (Å²) in [7, 11) is 0. The minimum Gasteiger partial charge on any atom is -0.480 e. The van der Waals surface area contributed by atoms with Gasteiger partial charge in [0.2, 0.25) is 11.7 Å². The molecule has 3 rings (SSSR count). The van der Waals surface area contributed by atoms with Crippen LogP contribution in [0.15, 0.2) is 60.7 Å². The summed E-state index contributed by atoms with van der Waals surface area (Å²) in [6.45, 7) is 5.74. The fourth-order valence-electron chi connectivity index (χ4n) is 3.60. The van der Waals surface area contributed by atoms with Gasteiger partial charge in [0.15, 0.2) is 0 Å². The number of tetrazole rings is 1. The van der Waals surface area contributed by atoms with Crippen molar-refractivity contribution in [2.75, 3.05) is 0 Å². The van der Waals surface area contributed by atoms with E-state index >= 15 is 0 Å². The molecule has 8 nitrogen and oxygen atoms in total. The molecule has 0 unspecified atom stereocenters. The quantitative estimate of drug-likeness (QED) is 0.494. The van der Waals surface area contributed by atoms with Crippen molar-refractivity contribution in [3.05, 3.63) is 66.2 Å². The summed E-state index contributed by atoms with van der Waals surface area (Å²) in [6.07, 6.45) is 3.90. The molecular weight excluding hydrogens is 406 g/mol. The summed E-state index contributed by atoms with van der Waals surface area (Å²) in [5.41, 5.74) is 3.60. The molecule has 0 bridgehead atoms. The van der Waals surface area contributed by atoms with Crippen LogP contribution in [0.5, 0.6) is 0 Å². The number of hydrogen-bond acceptors (Lipinski definition) is 5. The van der Waals surface area contributed by atoms with E-state index in [4.69, 9.17) is 0 Å². The summed E-state index contributed by atoms with van der Waals surface area (Å²) < 4.78 is 0. The Bertz CT molecular complexity index is 1080. The van der Waals surface area contributed by atoms with Crippen molar-refractivity contribution in [3.63, 3.8) is 0 Å². The molecule has 0 aliphatic carbocycles. The Hall–Kier alpha value is -3.81. The highest BCUT2D eigenvalue weighted by atomic mass is 16.4. The van der Waals surface area contributed by atoms with E-state index in [9.17, 15) is 14.7 Å². The van der Waals surface area contributed by atoms with Crippen LogP contribution in [0.3, 0.4) is 0 Å². The average molecular weight is 434 g/mol. The number of carboxylic acid groups (broad SMARTS) is 1. The van der Waals surface area contributed by atoms with Crippen molar-refractivity contribution in [1.29, 1.82) is 0 Å². The number of carbonyl (C=O) groups excluding carboxylic acids is 1. The number of aromatic nitrogens is 4. The first-order valence-electron chi connectivity index (χ1n) is 10.5. The van der Waals surface area contributed by atoms with Gasteiger partial charge in [-0.2, -0.15) is 5.21 Å². The van der Waals surface area contributed by atoms with Crippen LogP contribution in [0.4, 0.5) is 0 Å². The maximum atomic E-state index is 12.8. The number of aromatic amines is 1. The summed E-state index contributed by atoms with van der Waals surface area (Å²) in [4.78, 5) is 26.1. The van der Waals surface area contributed by atoms with Crippen LogP contribution in [-0.4, -0.2) is 48.5 Å². The van der Waals surface area contributed by atoms with Crippen LogP contribution in [0.2, 0.25) is 0 Å². The third-order valence-corrected chi connectivity index (χ3v) is 5.13. The molecule has 0 aliphatic heterocycles. The molecule has 0 fully saturated rings. The van der Waals surface area contributed by atoms with Gasteiger partial charge in [0, 0.05) is 12.1 Å². The fraction of sp³-hybridized carbons (Fsp3) is 0.292. The van der Waals surface area contributed by atoms with Gasteiger partial charge in [-0.05, 0) is 40.3 Å². The summed E-state index contributed by atoms with van der Waals surface area (Å²) in [6, 6.07) is 14.6. The number of benzene rings is 2. The third kappa shape index (κ3) is 5.26. The number of carbonyl (C=O) groups is 2. The predicted molar refractivity (Wildman–Crippen MR) is 121 cm³/mol. The van der Waals surface area contributed by atoms with Crippen LogP contribution in [-0.2, 0) is 16.1 Å². The zero-order chi connectivity index (χ0) is 23.1. The largest absolute Gasteiger partial charge is 0.480 e. The molecule has 2 N–H and O–H groups in total. The van der Waals surface area contributed by atoms with Gasteiger partial charge in [-0.1, -0.05) is 75.4 Å². The van der Waals surface area contributed by atoms with E-state index < -0.39 is 12.0 Å². The van der Waals surface area contributed by atoms with Gasteiger partial charge in [0.05, 0.1) is 0 Å². The number of allylic oxidation sites excluding steroid dienone is 1. The maximum Gasteiger partial charge on any atom is 0.326 e. The molecule has 0 saturated heterocycles. The Labute approximate surface area is 187 Å². The van der Waals surface area contributed by atoms with Crippen molar-refractivity contribution < 1.29 is 14.7 Å². The van der Waals surface area contributed by atoms with E-state index in [0.29, 0.717) is 12.2 Å². The highest BCUT2D eigenvalue weighted by Gasteiger charge is 2.31. The molecule has 32 heavy (non-hydrogen) atoms. The number of carboxylic acids is 1. The Balaban J connectivity index is 1.90. The van der Waals surface area contributed by atoms with E-state index in [2.05, 4.69) is 20.6 Å². The first-order valence-corrected chi connectivity index (χ1v) is 10.5. The predicted octanol–water partition coefficient (Wildman–Crippen LogP) is 3.94. The number of H-pyrrole nitrogens is 1. The molecule has 3 aromatic rings. The highest BCUT2D eigenvalue weighted by Crippen LogP contribution is 2.30. The van der Waals surface area contributed by atoms with Gasteiger partial charge < -0.3 is 10.0 Å². The zero-order valence-corrected chi connectivity index (χ0v) is 18.4. The van der Waals surface area contributed by atoms with E-state index in [0.717, 1.165) is 22.3 Å². The van der Waals surface area contributed by atoms with Crippen LogP contribution in [0.25, 0.3) is 22.5 Å². The second-order valence-corrected chi connectivity index (χ2v) is 7.78. The molecule has 1 aromatic heterocycles. The van der Waals surface area contributed by atoms with Crippen LogP contribution in [0, 0.1) is 5.92 Å². The van der Waals surface area contributed by atoms with Crippen LogP contribution >= 0.6 is 0 Å². The number of amides is 1. The van der Waals surface area contributed by atoms with Gasteiger partial charge >= 0.3 is 5.97 Å². The Morgan fingerprint density at radius 2 is 1.78 bits per heavy atom. The van der Waals surface area contributed by atoms with E-state index in [-0.39, 0.29) is 18.4 Å². The maximum absolute atomic E-state index is 12.8. The van der Waals surface area contributed by atoms with Gasteiger partial charge in [0.1, 0.15) is 6.04 Å². The lowest BCUT2D eigenvalue weighted by atomic mass is 9.97. The van der Waals surface area contributed by atoms with E-state index in [1.807, 2.05) is 55.5 Å². The molecule has 1 amide bonds. The monoisotopic (exact) mass is 433 g/mol. The van der Waals surface area contributed by atoms with Crippen molar-refractivity contribution in [2.24, 2.45) is 5.92 Å². The third-order valence-electron chi connectivity index (χ3n) is 5.13. The van der Waals surface area contributed by atoms with Crippen molar-refractivity contribution in [2.45, 2.75) is 39.8 Å². The molecule has 8 heteroatoms. The molecule has 166 valence electrons. The molecular formula is C24H27N5O3. The molecule has 2 aromatic carbocycles. The van der Waals surface area contributed by atoms with E-state index in [1.54, 1.807) is 19.9 Å². The average Bonchev–Trinajstić information content (AvgIpc) is 3.32. The Kier molecular flexibility index (Phi) is 7.49. The Morgan fingerprint density at radius 3 is 2.34 bits per heavy atom. The van der Waals surface area contributed by atoms with Crippen molar-refractivity contribution >= 4 is 11.9 Å². The van der Waals surface area contributed by atoms with Crippen molar-refractivity contribution in [3.8, 4) is 22.5 Å². The molecule has 0 radical (unpaired) electrons. The van der Waals surface area contributed by atoms with Crippen LogP contribution < -0.4 is 0 Å². The number of hydrogen-bond donors (Lipinski definition) is 2. The zero-order valence-electron chi connectivity index (χ0n) is 18.4. The lowest BCUT2D eigenvalue weighted by Crippen LogP contribution is -2.47. The van der Waals surface area contributed by atoms with Gasteiger partial charge in [-0.3, -0.25) is 4.79 Å². The highest BCUT2D eigenvalue weighted by molar-refractivity contribution is 5.91. The number of nitrogens with one attached hydrogen (secondary N) is 1. The standard InChI is InChI=1S/C24H27N5O3/c1-4-5-10-21(30)29(22(16(2)3)24(31)32)15-17-11-13-18(14-12-17)19-8-6-7-9-20(19)23-25-27-28-26-23/h5-14,16,22H,4,15H2,1-3H3,(H,31,32)(H,25,26,27,28)/b10-5+/t22-/m0/s1. The van der Waals surface area contributed by atoms with Gasteiger partial charge in [-0.25, -0.2) is 4.79 Å². The molecule has 0 aliphatic rings. The second-order valence-electron chi connectivity index (χ2n) is 7.78. The molecule has 1 heterocycles. The lowest BCUT2D eigenvalue weighted by molar-refractivity contribution is -0.151. The molecule has 1 atom stereocenters. The second kappa shape index (κ2) is 10.5. The summed E-state index contributed by atoms with van der Waals surface area (Å²) in [5, 5.41) is 24.0. The smallest absolute Gasteiger partial charge is 0.326 e.